The Balaban J connectivity index is 1.82. The molecule has 2 heterocycles. The van der Waals surface area contributed by atoms with Gasteiger partial charge < -0.3 is 45.1 Å². The number of nitrogens with zero attached hydrogens (tertiary/aromatic N) is 2. The van der Waals surface area contributed by atoms with E-state index in [0.717, 1.165) is 55.2 Å². The van der Waals surface area contributed by atoms with Gasteiger partial charge in [-0.25, -0.2) is 13.9 Å². The number of esters is 2. The fourth-order valence-electron chi connectivity index (χ4n) is 7.74. The average Bonchev–Trinajstić information content (AvgIpc) is 3.62. The minimum Gasteiger partial charge on any atom is -0.462 e. The first-order valence-electron chi connectivity index (χ1n) is 26.8. The number of carbonyl (C=O) groups is 2. The number of ether oxygens (including phenoxy) is 3. The monoisotopic (exact) mass is 1090 g/mol. The van der Waals surface area contributed by atoms with Crippen molar-refractivity contribution >= 4 is 33.4 Å². The van der Waals surface area contributed by atoms with Crippen molar-refractivity contribution in [1.82, 2.24) is 9.55 Å². The number of unbranched alkanes of at least 4 members (excludes halogenated alkanes) is 15. The summed E-state index contributed by atoms with van der Waals surface area (Å²) in [6, 6.07) is 1.24. The highest BCUT2D eigenvalue weighted by atomic mass is 31.3. The standard InChI is InChI=1S/C53H89N3O16P2/c1-4-5-6-7-24-29-34-44(57)35-30-25-20-17-18-21-26-31-36-48(58)67-40-45(70-49(59)37-32-27-22-16-14-12-10-8-9-11-13-15-19-23-28-33-43(2)3)41-68-73(63,64)72-74(65,66)69-42-46-50(60)51(61)52(71-46)56-39-38-47(54)55-53(56)62/h5-6,18,20-21,24-25,29-30,35,38-39,43-46,50-52,57,60-61H,4,7-17,19,22-23,26-28,31-34,36-37,40-42H2,1-3H3,(H,63,64)(H,65,66)(H2,54,55,62)/b6-5-,21-18-,25-20-,29-24-,35-30+/t44?,45-,46-,50-,51-,52-/m1/s1. The molecule has 3 unspecified atom stereocenters. The summed E-state index contributed by atoms with van der Waals surface area (Å²) in [7, 11) is -10.9. The molecule has 0 aliphatic carbocycles. The van der Waals surface area contributed by atoms with Crippen molar-refractivity contribution in [3.8, 4) is 0 Å². The molecule has 7 N–H and O–H groups in total. The lowest BCUT2D eigenvalue weighted by molar-refractivity contribution is -0.161. The topological polar surface area (TPSA) is 286 Å². The van der Waals surface area contributed by atoms with Crippen molar-refractivity contribution in [2.75, 3.05) is 25.6 Å². The van der Waals surface area contributed by atoms with Gasteiger partial charge in [-0.05, 0) is 56.9 Å². The van der Waals surface area contributed by atoms with Crippen molar-refractivity contribution < 1.29 is 71.4 Å². The summed E-state index contributed by atoms with van der Waals surface area (Å²) >= 11 is 0. The maximum Gasteiger partial charge on any atom is 0.481 e. The second-order valence-electron chi connectivity index (χ2n) is 19.0. The van der Waals surface area contributed by atoms with Crippen LogP contribution in [0.15, 0.2) is 77.8 Å². The highest BCUT2D eigenvalue weighted by molar-refractivity contribution is 7.61. The number of phosphoric acid groups is 2. The van der Waals surface area contributed by atoms with Crippen LogP contribution in [0.1, 0.15) is 181 Å². The van der Waals surface area contributed by atoms with Gasteiger partial charge in [0.2, 0.25) is 0 Å². The summed E-state index contributed by atoms with van der Waals surface area (Å²) in [6.07, 6.45) is 34.8. The van der Waals surface area contributed by atoms with Gasteiger partial charge in [-0.1, -0.05) is 178 Å². The van der Waals surface area contributed by atoms with Crippen LogP contribution in [-0.2, 0) is 46.3 Å². The third kappa shape index (κ3) is 32.8. The van der Waals surface area contributed by atoms with Gasteiger partial charge in [0.15, 0.2) is 12.3 Å². The molecule has 19 nitrogen and oxygen atoms in total. The van der Waals surface area contributed by atoms with E-state index in [4.69, 9.17) is 29.0 Å². The molecular formula is C53H89N3O16P2. The normalized spacial score (nSPS) is 19.9. The van der Waals surface area contributed by atoms with Crippen molar-refractivity contribution in [1.29, 1.82) is 0 Å². The zero-order valence-electron chi connectivity index (χ0n) is 44.2. The van der Waals surface area contributed by atoms with Crippen LogP contribution in [0.2, 0.25) is 0 Å². The van der Waals surface area contributed by atoms with E-state index in [-0.39, 0.29) is 18.7 Å². The lowest BCUT2D eigenvalue weighted by Gasteiger charge is -2.21. The first-order valence-corrected chi connectivity index (χ1v) is 29.8. The molecule has 0 amide bonds. The zero-order chi connectivity index (χ0) is 54.5. The molecular weight excluding hydrogens is 997 g/mol. The number of phosphoric ester groups is 2. The highest BCUT2D eigenvalue weighted by Gasteiger charge is 2.46. The predicted octanol–water partition coefficient (Wildman–Crippen LogP) is 10.3. The molecule has 21 heteroatoms. The molecule has 1 aliphatic heterocycles. The number of rotatable bonds is 43. The number of nitrogen functional groups attached to an aromatic ring is 1. The molecule has 1 fully saturated rings. The summed E-state index contributed by atoms with van der Waals surface area (Å²) in [5.74, 6) is -0.614. The SMILES string of the molecule is CC/C=C\C/C=C\CC(O)/C=C/C=C\C/C=C\CCCC(=O)OC[C@H](COP(=O)(O)OP(=O)(O)OC[C@H]1O[C@@H](n2ccc(N)nc2=O)[C@H](O)[C@@H]1O)OC(=O)CCCCCCCCCCCCCCCCCC(C)C. The number of nitrogens with two attached hydrogens (primary N) is 1. The van der Waals surface area contributed by atoms with Gasteiger partial charge in [-0.15, -0.1) is 0 Å². The van der Waals surface area contributed by atoms with E-state index in [1.54, 1.807) is 12.2 Å². The van der Waals surface area contributed by atoms with Crippen LogP contribution < -0.4 is 11.4 Å². The van der Waals surface area contributed by atoms with Gasteiger partial charge in [-0.2, -0.15) is 9.29 Å². The van der Waals surface area contributed by atoms with E-state index in [1.807, 2.05) is 36.5 Å². The molecule has 74 heavy (non-hydrogen) atoms. The summed E-state index contributed by atoms with van der Waals surface area (Å²) in [5, 5.41) is 31.0. The van der Waals surface area contributed by atoms with Gasteiger partial charge in [0.05, 0.1) is 19.3 Å². The fraction of sp³-hybridized carbons (Fsp3) is 0.698. The largest absolute Gasteiger partial charge is 0.481 e. The molecule has 1 aliphatic rings. The van der Waals surface area contributed by atoms with Crippen molar-refractivity contribution in [2.24, 2.45) is 5.92 Å². The van der Waals surface area contributed by atoms with Gasteiger partial charge in [0, 0.05) is 19.0 Å². The van der Waals surface area contributed by atoms with Crippen molar-refractivity contribution in [3.63, 3.8) is 0 Å². The molecule has 1 saturated heterocycles. The number of allylic oxidation sites excluding steroid dienone is 8. The van der Waals surface area contributed by atoms with Crippen LogP contribution in [0.25, 0.3) is 0 Å². The number of hydrogen-bond acceptors (Lipinski definition) is 16. The average molecular weight is 1090 g/mol. The molecule has 1 aromatic heterocycles. The Morgan fingerprint density at radius 2 is 1.34 bits per heavy atom. The third-order valence-corrected chi connectivity index (χ3v) is 14.5. The van der Waals surface area contributed by atoms with Crippen LogP contribution in [0, 0.1) is 5.92 Å². The Morgan fingerprint density at radius 1 is 0.757 bits per heavy atom. The van der Waals surface area contributed by atoms with Crippen LogP contribution in [0.5, 0.6) is 0 Å². The first-order chi connectivity index (χ1) is 35.4. The molecule has 0 aromatic carbocycles. The predicted molar refractivity (Wildman–Crippen MR) is 285 cm³/mol. The summed E-state index contributed by atoms with van der Waals surface area (Å²) in [5.41, 5.74) is 4.58. The van der Waals surface area contributed by atoms with Gasteiger partial charge >= 0.3 is 33.3 Å². The Morgan fingerprint density at radius 3 is 1.97 bits per heavy atom. The van der Waals surface area contributed by atoms with Crippen LogP contribution >= 0.6 is 15.6 Å². The first kappa shape index (κ1) is 66.5. The summed E-state index contributed by atoms with van der Waals surface area (Å²) < 4.78 is 56.8. The molecule has 0 bridgehead atoms. The second-order valence-corrected chi connectivity index (χ2v) is 22.1. The third-order valence-electron chi connectivity index (χ3n) is 11.9. The van der Waals surface area contributed by atoms with Gasteiger partial charge in [0.1, 0.15) is 30.7 Å². The fourth-order valence-corrected chi connectivity index (χ4v) is 9.85. The zero-order valence-corrected chi connectivity index (χ0v) is 45.9. The van der Waals surface area contributed by atoms with Gasteiger partial charge in [-0.3, -0.25) is 23.2 Å². The molecule has 422 valence electrons. The molecule has 8 atom stereocenters. The number of carbonyl (C=O) groups excluding carboxylic acids is 2. The lowest BCUT2D eigenvalue weighted by atomic mass is 10.0. The molecule has 0 saturated carbocycles. The number of aliphatic hydroxyl groups excluding tert-OH is 3. The van der Waals surface area contributed by atoms with Crippen LogP contribution in [0.4, 0.5) is 5.82 Å². The van der Waals surface area contributed by atoms with E-state index >= 15 is 0 Å². The molecule has 1 aromatic rings. The molecule has 0 spiro atoms. The van der Waals surface area contributed by atoms with Crippen LogP contribution in [-0.4, -0.2) is 96.9 Å². The minimum atomic E-state index is -5.45. The maximum absolute atomic E-state index is 12.9. The molecule has 2 rings (SSSR count). The number of aliphatic hydroxyl groups is 3. The quantitative estimate of drug-likeness (QED) is 0.0117. The summed E-state index contributed by atoms with van der Waals surface area (Å²) in [4.78, 5) is 62.0. The second kappa shape index (κ2) is 39.7. The minimum absolute atomic E-state index is 0.0157. The number of hydrogen-bond donors (Lipinski definition) is 6. The maximum atomic E-state index is 12.9. The van der Waals surface area contributed by atoms with E-state index in [2.05, 4.69) is 42.2 Å². The van der Waals surface area contributed by atoms with E-state index < -0.39 is 89.8 Å². The highest BCUT2D eigenvalue weighted by Crippen LogP contribution is 2.60. The van der Waals surface area contributed by atoms with Crippen molar-refractivity contribution in [2.45, 2.75) is 212 Å². The number of aromatic nitrogens is 2. The van der Waals surface area contributed by atoms with E-state index in [0.29, 0.717) is 32.1 Å². The summed E-state index contributed by atoms with van der Waals surface area (Å²) in [6.45, 7) is 4.24. The Bertz CT molecular complexity index is 2010. The Hall–Kier alpha value is -3.58. The Kier molecular flexibility index (Phi) is 35.7. The Labute approximate surface area is 439 Å². The van der Waals surface area contributed by atoms with E-state index in [9.17, 15) is 48.6 Å². The molecule has 0 radical (unpaired) electrons. The van der Waals surface area contributed by atoms with Crippen molar-refractivity contribution in [3.05, 3.63) is 83.5 Å². The van der Waals surface area contributed by atoms with Crippen LogP contribution in [0.3, 0.4) is 0 Å². The number of anilines is 1. The lowest BCUT2D eigenvalue weighted by Crippen LogP contribution is -2.36. The van der Waals surface area contributed by atoms with Gasteiger partial charge in [0.25, 0.3) is 0 Å². The van der Waals surface area contributed by atoms with E-state index in [1.165, 1.54) is 76.7 Å². The smallest absolute Gasteiger partial charge is 0.462 e.